The Morgan fingerprint density at radius 2 is 2.05 bits per heavy atom. The Balaban J connectivity index is 3.08. The van der Waals surface area contributed by atoms with Gasteiger partial charge in [0.2, 0.25) is 5.91 Å². The number of nitrogens with two attached hydrogens (primary N) is 1. The molecule has 0 aromatic heterocycles. The molecule has 4 N–H and O–H groups in total. The first-order valence-corrected chi connectivity index (χ1v) is 6.62. The number of nitrogen functional groups attached to an aromatic ring is 1. The van der Waals surface area contributed by atoms with Gasteiger partial charge in [-0.15, -0.1) is 0 Å². The average molecular weight is 297 g/mol. The van der Waals surface area contributed by atoms with Gasteiger partial charge in [-0.25, -0.2) is 9.18 Å². The summed E-state index contributed by atoms with van der Waals surface area (Å²) in [6.07, 6.45) is 0. The molecule has 1 amide bonds. The maximum atomic E-state index is 14.0. The predicted molar refractivity (Wildman–Crippen MR) is 78.9 cm³/mol. The van der Waals surface area contributed by atoms with Gasteiger partial charge in [0.25, 0.3) is 0 Å². The predicted octanol–water partition coefficient (Wildman–Crippen LogP) is 1.46. The summed E-state index contributed by atoms with van der Waals surface area (Å²) in [5.74, 6) is -2.16. The van der Waals surface area contributed by atoms with Crippen LogP contribution in [0.4, 0.5) is 15.8 Å². The maximum absolute atomic E-state index is 14.0. The van der Waals surface area contributed by atoms with E-state index in [4.69, 9.17) is 10.8 Å². The third-order valence-electron chi connectivity index (χ3n) is 2.86. The van der Waals surface area contributed by atoms with E-state index in [2.05, 4.69) is 5.32 Å². The number of amides is 1. The van der Waals surface area contributed by atoms with Gasteiger partial charge in [0.05, 0.1) is 17.8 Å². The highest BCUT2D eigenvalue weighted by Crippen LogP contribution is 2.25. The van der Waals surface area contributed by atoms with E-state index in [1.807, 2.05) is 13.8 Å². The molecule has 0 saturated heterocycles. The number of benzene rings is 1. The molecule has 21 heavy (non-hydrogen) atoms. The molecule has 0 aliphatic heterocycles. The number of carbonyl (C=O) groups is 2. The van der Waals surface area contributed by atoms with Crippen LogP contribution < -0.4 is 16.0 Å². The van der Waals surface area contributed by atoms with Gasteiger partial charge in [-0.1, -0.05) is 0 Å². The van der Waals surface area contributed by atoms with Crippen LogP contribution in [0.1, 0.15) is 31.1 Å². The van der Waals surface area contributed by atoms with Crippen molar-refractivity contribution < 1.29 is 19.1 Å². The van der Waals surface area contributed by atoms with Crippen molar-refractivity contribution in [3.63, 3.8) is 0 Å². The van der Waals surface area contributed by atoms with E-state index in [1.54, 1.807) is 6.92 Å². The number of carboxylic acid groups (broad SMARTS) is 1. The van der Waals surface area contributed by atoms with Crippen LogP contribution in [-0.2, 0) is 4.79 Å². The van der Waals surface area contributed by atoms with Gasteiger partial charge in [0.1, 0.15) is 5.82 Å². The summed E-state index contributed by atoms with van der Waals surface area (Å²) in [5.41, 5.74) is 5.19. The minimum Gasteiger partial charge on any atom is -0.478 e. The van der Waals surface area contributed by atoms with Gasteiger partial charge >= 0.3 is 5.97 Å². The lowest BCUT2D eigenvalue weighted by Gasteiger charge is -2.24. The minimum absolute atomic E-state index is 0.0259. The number of hydrogen-bond donors (Lipinski definition) is 3. The second-order valence-electron chi connectivity index (χ2n) is 4.93. The Morgan fingerprint density at radius 3 is 2.52 bits per heavy atom. The quantitative estimate of drug-likeness (QED) is 0.691. The molecular formula is C14H20FN3O3. The third kappa shape index (κ3) is 4.34. The molecule has 6 nitrogen and oxygen atoms in total. The van der Waals surface area contributed by atoms with E-state index in [9.17, 15) is 14.0 Å². The summed E-state index contributed by atoms with van der Waals surface area (Å²) in [4.78, 5) is 24.3. The van der Waals surface area contributed by atoms with Gasteiger partial charge in [-0.05, 0) is 32.9 Å². The van der Waals surface area contributed by atoms with Crippen molar-refractivity contribution in [3.05, 3.63) is 23.5 Å². The number of anilines is 2. The van der Waals surface area contributed by atoms with Crippen LogP contribution in [0.15, 0.2) is 12.1 Å². The second-order valence-corrected chi connectivity index (χ2v) is 4.93. The molecule has 0 radical (unpaired) electrons. The van der Waals surface area contributed by atoms with E-state index < -0.39 is 11.8 Å². The summed E-state index contributed by atoms with van der Waals surface area (Å²) in [7, 11) is 0. The van der Waals surface area contributed by atoms with Crippen molar-refractivity contribution in [1.82, 2.24) is 5.32 Å². The largest absolute Gasteiger partial charge is 0.478 e. The number of carbonyl (C=O) groups excluding carboxylic acids is 1. The normalized spacial score (nSPS) is 10.5. The molecule has 0 saturated carbocycles. The Bertz CT molecular complexity index is 547. The first-order chi connectivity index (χ1) is 9.76. The zero-order valence-electron chi connectivity index (χ0n) is 12.3. The van der Waals surface area contributed by atoms with Gasteiger partial charge in [0.15, 0.2) is 0 Å². The Labute approximate surface area is 122 Å². The molecule has 7 heteroatoms. The molecular weight excluding hydrogens is 277 g/mol. The van der Waals surface area contributed by atoms with Crippen molar-refractivity contribution in [2.45, 2.75) is 26.8 Å². The first-order valence-electron chi connectivity index (χ1n) is 6.62. The second kappa shape index (κ2) is 6.92. The number of rotatable bonds is 6. The van der Waals surface area contributed by atoms with E-state index in [1.165, 1.54) is 4.90 Å². The fourth-order valence-corrected chi connectivity index (χ4v) is 1.91. The van der Waals surface area contributed by atoms with Gasteiger partial charge in [0, 0.05) is 18.3 Å². The molecule has 1 rings (SSSR count). The van der Waals surface area contributed by atoms with E-state index in [0.29, 0.717) is 6.54 Å². The van der Waals surface area contributed by atoms with Crippen molar-refractivity contribution in [3.8, 4) is 0 Å². The lowest BCUT2D eigenvalue weighted by Crippen LogP contribution is -2.40. The van der Waals surface area contributed by atoms with Crippen LogP contribution in [0, 0.1) is 5.82 Å². The molecule has 0 heterocycles. The van der Waals surface area contributed by atoms with Crippen LogP contribution in [0.5, 0.6) is 0 Å². The monoisotopic (exact) mass is 297 g/mol. The molecule has 1 aromatic rings. The minimum atomic E-state index is -1.24. The van der Waals surface area contributed by atoms with Crippen LogP contribution in [0.2, 0.25) is 0 Å². The smallest absolute Gasteiger partial charge is 0.337 e. The van der Waals surface area contributed by atoms with E-state index in [-0.39, 0.29) is 35.4 Å². The summed E-state index contributed by atoms with van der Waals surface area (Å²) >= 11 is 0. The first kappa shape index (κ1) is 16.7. The van der Waals surface area contributed by atoms with Gasteiger partial charge < -0.3 is 21.1 Å². The lowest BCUT2D eigenvalue weighted by atomic mass is 10.1. The molecule has 0 spiro atoms. The van der Waals surface area contributed by atoms with Crippen LogP contribution in [-0.4, -0.2) is 36.1 Å². The molecule has 0 bridgehead atoms. The molecule has 0 atom stereocenters. The highest BCUT2D eigenvalue weighted by molar-refractivity contribution is 5.95. The third-order valence-corrected chi connectivity index (χ3v) is 2.86. The standard InChI is InChI=1S/C14H20FN3O3/c1-4-18(7-13(19)17-8(2)3)12-5-9(14(20)21)11(16)6-10(12)15/h5-6,8H,4,7,16H2,1-3H3,(H,17,19)(H,20,21). The maximum Gasteiger partial charge on any atom is 0.337 e. The van der Waals surface area contributed by atoms with Crippen LogP contribution in [0.3, 0.4) is 0 Å². The van der Waals surface area contributed by atoms with E-state index >= 15 is 0 Å². The number of likely N-dealkylation sites (N-methyl/N-ethyl adjacent to an activating group) is 1. The zero-order chi connectivity index (χ0) is 16.2. The van der Waals surface area contributed by atoms with Crippen molar-refractivity contribution in [1.29, 1.82) is 0 Å². The summed E-state index contributed by atoms with van der Waals surface area (Å²) in [6.45, 7) is 5.68. The summed E-state index contributed by atoms with van der Waals surface area (Å²) in [6, 6.07) is 2.09. The SMILES string of the molecule is CCN(CC(=O)NC(C)C)c1cc(C(=O)O)c(N)cc1F. The highest BCUT2D eigenvalue weighted by atomic mass is 19.1. The molecule has 0 aliphatic carbocycles. The Kier molecular flexibility index (Phi) is 5.52. The number of hydrogen-bond acceptors (Lipinski definition) is 4. The van der Waals surface area contributed by atoms with Crippen LogP contribution >= 0.6 is 0 Å². The summed E-state index contributed by atoms with van der Waals surface area (Å²) < 4.78 is 14.0. The average Bonchev–Trinajstić information content (AvgIpc) is 2.35. The summed E-state index contributed by atoms with van der Waals surface area (Å²) in [5, 5.41) is 11.7. The Morgan fingerprint density at radius 1 is 1.43 bits per heavy atom. The molecule has 1 aromatic carbocycles. The van der Waals surface area contributed by atoms with Crippen molar-refractivity contribution in [2.24, 2.45) is 0 Å². The van der Waals surface area contributed by atoms with Crippen molar-refractivity contribution in [2.75, 3.05) is 23.7 Å². The van der Waals surface area contributed by atoms with Gasteiger partial charge in [-0.3, -0.25) is 4.79 Å². The van der Waals surface area contributed by atoms with Crippen molar-refractivity contribution >= 4 is 23.3 Å². The topological polar surface area (TPSA) is 95.7 Å². The molecule has 0 aliphatic rings. The number of carboxylic acids is 1. The number of halogens is 1. The molecule has 0 fully saturated rings. The molecule has 116 valence electrons. The molecule has 0 unspecified atom stereocenters. The fourth-order valence-electron chi connectivity index (χ4n) is 1.91. The lowest BCUT2D eigenvalue weighted by molar-refractivity contribution is -0.120. The van der Waals surface area contributed by atoms with E-state index in [0.717, 1.165) is 12.1 Å². The number of nitrogens with zero attached hydrogens (tertiary/aromatic N) is 1. The zero-order valence-corrected chi connectivity index (χ0v) is 12.3. The van der Waals surface area contributed by atoms with Crippen LogP contribution in [0.25, 0.3) is 0 Å². The Hall–Kier alpha value is -2.31. The fraction of sp³-hybridized carbons (Fsp3) is 0.429. The highest BCUT2D eigenvalue weighted by Gasteiger charge is 2.19. The number of aromatic carboxylic acids is 1. The van der Waals surface area contributed by atoms with Gasteiger partial charge in [-0.2, -0.15) is 0 Å². The number of nitrogens with one attached hydrogen (secondary N) is 1.